The Labute approximate surface area is 87.3 Å². The fraction of sp³-hybridized carbons (Fsp3) is 0.909. The van der Waals surface area contributed by atoms with Crippen LogP contribution in [-0.2, 0) is 0 Å². The highest BCUT2D eigenvalue weighted by molar-refractivity contribution is 4.95. The van der Waals surface area contributed by atoms with E-state index < -0.39 is 0 Å². The van der Waals surface area contributed by atoms with Crippen LogP contribution in [0.1, 0.15) is 27.2 Å². The van der Waals surface area contributed by atoms with Crippen molar-refractivity contribution in [1.29, 1.82) is 5.26 Å². The quantitative estimate of drug-likeness (QED) is 0.665. The highest BCUT2D eigenvalue weighted by atomic mass is 15.3. The predicted octanol–water partition coefficient (Wildman–Crippen LogP) is 1.31. The lowest BCUT2D eigenvalue weighted by Crippen LogP contribution is -2.57. The highest BCUT2D eigenvalue weighted by Gasteiger charge is 2.29. The molecule has 1 aliphatic rings. The van der Waals surface area contributed by atoms with Gasteiger partial charge in [0.15, 0.2) is 0 Å². The van der Waals surface area contributed by atoms with Gasteiger partial charge in [-0.3, -0.25) is 9.80 Å². The predicted molar refractivity (Wildman–Crippen MR) is 58.0 cm³/mol. The molecular formula is C11H21N3. The summed E-state index contributed by atoms with van der Waals surface area (Å²) in [6.07, 6.45) is 0.930. The Kier molecular flexibility index (Phi) is 3.91. The minimum absolute atomic E-state index is 0.105. The van der Waals surface area contributed by atoms with Crippen molar-refractivity contribution in [2.45, 2.75) is 45.3 Å². The third-order valence-electron chi connectivity index (χ3n) is 3.36. The van der Waals surface area contributed by atoms with Gasteiger partial charge < -0.3 is 0 Å². The second-order valence-electron chi connectivity index (χ2n) is 4.37. The minimum Gasteiger partial charge on any atom is -0.298 e. The molecular weight excluding hydrogens is 174 g/mol. The summed E-state index contributed by atoms with van der Waals surface area (Å²) in [6, 6.07) is 3.60. The Morgan fingerprint density at radius 2 is 1.86 bits per heavy atom. The Morgan fingerprint density at radius 3 is 2.21 bits per heavy atom. The molecule has 1 aliphatic heterocycles. The molecule has 1 fully saturated rings. The van der Waals surface area contributed by atoms with E-state index in [0.29, 0.717) is 12.1 Å². The van der Waals surface area contributed by atoms with Crippen molar-refractivity contribution in [3.05, 3.63) is 0 Å². The van der Waals surface area contributed by atoms with Crippen LogP contribution < -0.4 is 0 Å². The van der Waals surface area contributed by atoms with Crippen molar-refractivity contribution in [1.82, 2.24) is 9.80 Å². The van der Waals surface area contributed by atoms with Crippen molar-refractivity contribution < 1.29 is 0 Å². The summed E-state index contributed by atoms with van der Waals surface area (Å²) in [5, 5.41) is 9.01. The van der Waals surface area contributed by atoms with Crippen molar-refractivity contribution >= 4 is 0 Å². The van der Waals surface area contributed by atoms with Gasteiger partial charge in [0.2, 0.25) is 0 Å². The molecule has 0 aromatic heterocycles. The molecule has 0 bridgehead atoms. The molecule has 0 aliphatic carbocycles. The van der Waals surface area contributed by atoms with Crippen LogP contribution in [0, 0.1) is 11.3 Å². The standard InChI is InChI=1S/C11H21N3/c1-5-11(6-12)14-7-9(2)13(4)10(3)8-14/h9-11H,5,7-8H2,1-4H3. The van der Waals surface area contributed by atoms with Crippen molar-refractivity contribution in [2.75, 3.05) is 20.1 Å². The second kappa shape index (κ2) is 4.77. The third-order valence-corrected chi connectivity index (χ3v) is 3.36. The summed E-state index contributed by atoms with van der Waals surface area (Å²) < 4.78 is 0. The van der Waals surface area contributed by atoms with Gasteiger partial charge in [0.25, 0.3) is 0 Å². The van der Waals surface area contributed by atoms with Gasteiger partial charge in [-0.15, -0.1) is 0 Å². The lowest BCUT2D eigenvalue weighted by molar-refractivity contribution is 0.0456. The van der Waals surface area contributed by atoms with Crippen LogP contribution >= 0.6 is 0 Å². The zero-order chi connectivity index (χ0) is 10.7. The van der Waals surface area contributed by atoms with E-state index in [0.717, 1.165) is 19.5 Å². The molecule has 3 nitrogen and oxygen atoms in total. The van der Waals surface area contributed by atoms with Crippen LogP contribution in [0.4, 0.5) is 0 Å². The molecule has 1 saturated heterocycles. The average molecular weight is 195 g/mol. The molecule has 1 heterocycles. The van der Waals surface area contributed by atoms with E-state index in [2.05, 4.69) is 43.7 Å². The number of hydrogen-bond donors (Lipinski definition) is 0. The monoisotopic (exact) mass is 195 g/mol. The zero-order valence-corrected chi connectivity index (χ0v) is 9.70. The van der Waals surface area contributed by atoms with E-state index in [1.807, 2.05) is 0 Å². The number of rotatable bonds is 2. The molecule has 0 saturated carbocycles. The SMILES string of the molecule is CCC(C#N)N1CC(C)N(C)C(C)C1. The van der Waals surface area contributed by atoms with E-state index in [1.165, 1.54) is 0 Å². The lowest BCUT2D eigenvalue weighted by atomic mass is 10.1. The maximum Gasteiger partial charge on any atom is 0.0976 e. The maximum absolute atomic E-state index is 9.01. The lowest BCUT2D eigenvalue weighted by Gasteiger charge is -2.43. The largest absolute Gasteiger partial charge is 0.298 e. The van der Waals surface area contributed by atoms with Gasteiger partial charge in [0, 0.05) is 25.2 Å². The summed E-state index contributed by atoms with van der Waals surface area (Å²) in [5.41, 5.74) is 0. The number of hydrogen-bond acceptors (Lipinski definition) is 3. The Bertz CT molecular complexity index is 209. The molecule has 3 heteroatoms. The molecule has 0 amide bonds. The van der Waals surface area contributed by atoms with E-state index >= 15 is 0 Å². The summed E-state index contributed by atoms with van der Waals surface area (Å²) in [5.74, 6) is 0. The smallest absolute Gasteiger partial charge is 0.0976 e. The van der Waals surface area contributed by atoms with Gasteiger partial charge >= 0.3 is 0 Å². The van der Waals surface area contributed by atoms with Gasteiger partial charge in [0.1, 0.15) is 0 Å². The van der Waals surface area contributed by atoms with Gasteiger partial charge in [-0.05, 0) is 27.3 Å². The fourth-order valence-corrected chi connectivity index (χ4v) is 2.13. The van der Waals surface area contributed by atoms with Crippen LogP contribution in [0.15, 0.2) is 0 Å². The first kappa shape index (κ1) is 11.5. The second-order valence-corrected chi connectivity index (χ2v) is 4.37. The van der Waals surface area contributed by atoms with Gasteiger partial charge in [0.05, 0.1) is 12.1 Å². The van der Waals surface area contributed by atoms with Gasteiger partial charge in [-0.25, -0.2) is 0 Å². The molecule has 0 N–H and O–H groups in total. The van der Waals surface area contributed by atoms with Crippen LogP contribution in [0.25, 0.3) is 0 Å². The van der Waals surface area contributed by atoms with Crippen molar-refractivity contribution in [3.8, 4) is 6.07 Å². The topological polar surface area (TPSA) is 30.3 Å². The van der Waals surface area contributed by atoms with Gasteiger partial charge in [-0.2, -0.15) is 5.26 Å². The van der Waals surface area contributed by atoms with E-state index in [4.69, 9.17) is 5.26 Å². The normalized spacial score (nSPS) is 32.5. The molecule has 14 heavy (non-hydrogen) atoms. The average Bonchev–Trinajstić information content (AvgIpc) is 2.16. The number of nitriles is 1. The Balaban J connectivity index is 2.62. The first-order valence-electron chi connectivity index (χ1n) is 5.45. The molecule has 3 unspecified atom stereocenters. The van der Waals surface area contributed by atoms with Crippen LogP contribution in [0.2, 0.25) is 0 Å². The van der Waals surface area contributed by atoms with Gasteiger partial charge in [-0.1, -0.05) is 6.92 Å². The van der Waals surface area contributed by atoms with Crippen LogP contribution in [0.3, 0.4) is 0 Å². The van der Waals surface area contributed by atoms with Crippen LogP contribution in [-0.4, -0.2) is 48.1 Å². The first-order chi connectivity index (χ1) is 6.60. The third kappa shape index (κ3) is 2.26. The summed E-state index contributed by atoms with van der Waals surface area (Å²) in [6.45, 7) is 8.58. The minimum atomic E-state index is 0.105. The first-order valence-corrected chi connectivity index (χ1v) is 5.45. The summed E-state index contributed by atoms with van der Waals surface area (Å²) >= 11 is 0. The van der Waals surface area contributed by atoms with E-state index in [9.17, 15) is 0 Å². The number of piperazine rings is 1. The zero-order valence-electron chi connectivity index (χ0n) is 9.70. The maximum atomic E-state index is 9.01. The molecule has 1 rings (SSSR count). The molecule has 80 valence electrons. The van der Waals surface area contributed by atoms with Crippen LogP contribution in [0.5, 0.6) is 0 Å². The number of nitrogens with zero attached hydrogens (tertiary/aromatic N) is 3. The molecule has 0 aromatic rings. The van der Waals surface area contributed by atoms with E-state index in [1.54, 1.807) is 0 Å². The number of likely N-dealkylation sites (N-methyl/N-ethyl adjacent to an activating group) is 1. The summed E-state index contributed by atoms with van der Waals surface area (Å²) in [4.78, 5) is 4.70. The van der Waals surface area contributed by atoms with Crippen molar-refractivity contribution in [2.24, 2.45) is 0 Å². The molecule has 0 radical (unpaired) electrons. The summed E-state index contributed by atoms with van der Waals surface area (Å²) in [7, 11) is 2.17. The molecule has 0 aromatic carbocycles. The van der Waals surface area contributed by atoms with E-state index in [-0.39, 0.29) is 6.04 Å². The van der Waals surface area contributed by atoms with Crippen molar-refractivity contribution in [3.63, 3.8) is 0 Å². The molecule has 0 spiro atoms. The fourth-order valence-electron chi connectivity index (χ4n) is 2.13. The Hall–Kier alpha value is -0.590. The molecule has 3 atom stereocenters. The Morgan fingerprint density at radius 1 is 1.36 bits per heavy atom. The highest BCUT2D eigenvalue weighted by Crippen LogP contribution is 2.16.